The van der Waals surface area contributed by atoms with Gasteiger partial charge in [-0.3, -0.25) is 4.79 Å². The topological polar surface area (TPSA) is 69.6 Å². The number of hydrogen-bond donors (Lipinski definition) is 3. The number of amides is 1. The maximum absolute atomic E-state index is 12.1. The zero-order valence-electron chi connectivity index (χ0n) is 13.7. The third-order valence-electron chi connectivity index (χ3n) is 2.99. The normalized spacial score (nSPS) is 16.2. The van der Waals surface area contributed by atoms with Crippen LogP contribution < -0.4 is 5.32 Å². The first kappa shape index (κ1) is 19.1. The van der Waals surface area contributed by atoms with Gasteiger partial charge in [-0.2, -0.15) is 0 Å². The lowest BCUT2D eigenvalue weighted by atomic mass is 9.74. The summed E-state index contributed by atoms with van der Waals surface area (Å²) in [5.74, 6) is -0.137. The quantitative estimate of drug-likeness (QED) is 0.628. The lowest BCUT2D eigenvalue weighted by Gasteiger charge is -2.32. The summed E-state index contributed by atoms with van der Waals surface area (Å²) in [5.41, 5.74) is 0.0402. The molecule has 118 valence electrons. The Balaban J connectivity index is 4.53. The first-order chi connectivity index (χ1) is 9.00. The molecule has 0 aromatic heterocycles. The summed E-state index contributed by atoms with van der Waals surface area (Å²) in [5, 5.41) is 21.7. The minimum Gasteiger partial charge on any atom is -0.394 e. The van der Waals surface area contributed by atoms with E-state index in [-0.39, 0.29) is 23.3 Å². The Morgan fingerprint density at radius 2 is 1.80 bits per heavy atom. The Morgan fingerprint density at radius 3 is 2.20 bits per heavy atom. The molecule has 0 aliphatic heterocycles. The summed E-state index contributed by atoms with van der Waals surface area (Å²) in [6, 6.07) is -0.649. The molecule has 4 nitrogen and oxygen atoms in total. The van der Waals surface area contributed by atoms with E-state index in [9.17, 15) is 15.0 Å². The van der Waals surface area contributed by atoms with Crippen molar-refractivity contribution in [2.45, 2.75) is 66.5 Å². The van der Waals surface area contributed by atoms with Gasteiger partial charge in [0.05, 0.1) is 18.8 Å². The summed E-state index contributed by atoms with van der Waals surface area (Å²) < 4.78 is 0. The molecule has 20 heavy (non-hydrogen) atoms. The Hall–Kier alpha value is -0.870. The largest absolute Gasteiger partial charge is 0.394 e. The number of aliphatic hydroxyl groups is 2. The number of carbonyl (C=O) groups excluding carboxylic acids is 1. The smallest absolute Gasteiger partial charge is 0.220 e. The van der Waals surface area contributed by atoms with Crippen LogP contribution in [0.4, 0.5) is 0 Å². The second kappa shape index (κ2) is 7.79. The van der Waals surface area contributed by atoms with Crippen LogP contribution >= 0.6 is 0 Å². The highest BCUT2D eigenvalue weighted by atomic mass is 16.3. The van der Waals surface area contributed by atoms with Gasteiger partial charge in [-0.05, 0) is 24.2 Å². The van der Waals surface area contributed by atoms with Crippen LogP contribution in [0.1, 0.15) is 54.4 Å². The van der Waals surface area contributed by atoms with Gasteiger partial charge in [0.2, 0.25) is 5.91 Å². The number of carbonyl (C=O) groups is 1. The van der Waals surface area contributed by atoms with Crippen LogP contribution in [0, 0.1) is 10.8 Å². The molecule has 0 fully saturated rings. The summed E-state index contributed by atoms with van der Waals surface area (Å²) in [6.07, 6.45) is 3.70. The SMILES string of the molecule is C/C=C/C(O)C(CO)NC(=O)CC(C)(C)CC(C)(C)C. The van der Waals surface area contributed by atoms with Crippen molar-refractivity contribution in [3.63, 3.8) is 0 Å². The second-order valence-corrected chi connectivity index (χ2v) is 7.45. The van der Waals surface area contributed by atoms with Gasteiger partial charge in [-0.15, -0.1) is 0 Å². The molecule has 2 atom stereocenters. The van der Waals surface area contributed by atoms with E-state index in [4.69, 9.17) is 0 Å². The van der Waals surface area contributed by atoms with Crippen molar-refractivity contribution >= 4 is 5.91 Å². The van der Waals surface area contributed by atoms with Crippen molar-refractivity contribution in [2.75, 3.05) is 6.61 Å². The summed E-state index contributed by atoms with van der Waals surface area (Å²) >= 11 is 0. The fourth-order valence-electron chi connectivity index (χ4n) is 2.76. The molecule has 0 saturated carbocycles. The highest BCUT2D eigenvalue weighted by molar-refractivity contribution is 5.77. The van der Waals surface area contributed by atoms with E-state index in [2.05, 4.69) is 39.9 Å². The fourth-order valence-corrected chi connectivity index (χ4v) is 2.76. The minimum absolute atomic E-state index is 0.117. The van der Waals surface area contributed by atoms with Crippen LogP contribution in [0.15, 0.2) is 12.2 Å². The van der Waals surface area contributed by atoms with Crippen LogP contribution in [0.2, 0.25) is 0 Å². The molecule has 0 saturated heterocycles. The van der Waals surface area contributed by atoms with Crippen LogP contribution in [-0.2, 0) is 4.79 Å². The second-order valence-electron chi connectivity index (χ2n) is 7.45. The van der Waals surface area contributed by atoms with Gasteiger partial charge in [-0.25, -0.2) is 0 Å². The van der Waals surface area contributed by atoms with Crippen LogP contribution in [0.5, 0.6) is 0 Å². The molecule has 0 bridgehead atoms. The molecule has 0 spiro atoms. The van der Waals surface area contributed by atoms with Crippen LogP contribution in [0.25, 0.3) is 0 Å². The third kappa shape index (κ3) is 8.33. The van der Waals surface area contributed by atoms with Crippen LogP contribution in [-0.4, -0.2) is 34.9 Å². The van der Waals surface area contributed by atoms with Gasteiger partial charge in [0.25, 0.3) is 0 Å². The van der Waals surface area contributed by atoms with E-state index in [0.29, 0.717) is 6.42 Å². The van der Waals surface area contributed by atoms with Crippen molar-refractivity contribution in [1.29, 1.82) is 0 Å². The Kier molecular flexibility index (Phi) is 7.45. The number of nitrogens with one attached hydrogen (secondary N) is 1. The van der Waals surface area contributed by atoms with Gasteiger partial charge in [0, 0.05) is 6.42 Å². The summed E-state index contributed by atoms with van der Waals surface area (Å²) in [4.78, 5) is 12.1. The predicted molar refractivity (Wildman–Crippen MR) is 82.3 cm³/mol. The first-order valence-corrected chi connectivity index (χ1v) is 7.22. The Morgan fingerprint density at radius 1 is 1.25 bits per heavy atom. The van der Waals surface area contributed by atoms with E-state index in [1.807, 2.05) is 0 Å². The zero-order chi connectivity index (χ0) is 16.0. The number of hydrogen-bond acceptors (Lipinski definition) is 3. The van der Waals surface area contributed by atoms with E-state index >= 15 is 0 Å². The highest BCUT2D eigenvalue weighted by Crippen LogP contribution is 2.35. The lowest BCUT2D eigenvalue weighted by molar-refractivity contribution is -0.125. The fraction of sp³-hybridized carbons (Fsp3) is 0.812. The summed E-state index contributed by atoms with van der Waals surface area (Å²) in [6.45, 7) is 12.1. The van der Waals surface area contributed by atoms with Crippen molar-refractivity contribution in [3.05, 3.63) is 12.2 Å². The number of allylic oxidation sites excluding steroid dienone is 1. The molecule has 1 amide bonds. The molecular weight excluding hydrogens is 254 g/mol. The summed E-state index contributed by atoms with van der Waals surface area (Å²) in [7, 11) is 0. The molecule has 0 aromatic rings. The van der Waals surface area contributed by atoms with Crippen molar-refractivity contribution in [2.24, 2.45) is 10.8 Å². The molecule has 2 unspecified atom stereocenters. The molecule has 0 aliphatic carbocycles. The lowest BCUT2D eigenvalue weighted by Crippen LogP contribution is -2.46. The van der Waals surface area contributed by atoms with Gasteiger partial charge < -0.3 is 15.5 Å². The van der Waals surface area contributed by atoms with E-state index in [1.54, 1.807) is 19.1 Å². The van der Waals surface area contributed by atoms with Crippen molar-refractivity contribution in [1.82, 2.24) is 5.32 Å². The van der Waals surface area contributed by atoms with E-state index < -0.39 is 12.1 Å². The van der Waals surface area contributed by atoms with E-state index in [0.717, 1.165) is 6.42 Å². The van der Waals surface area contributed by atoms with Gasteiger partial charge >= 0.3 is 0 Å². The molecule has 4 heteroatoms. The van der Waals surface area contributed by atoms with Crippen molar-refractivity contribution in [3.8, 4) is 0 Å². The average molecular weight is 285 g/mol. The maximum Gasteiger partial charge on any atom is 0.220 e. The molecule has 0 aromatic carbocycles. The maximum atomic E-state index is 12.1. The molecule has 0 rings (SSSR count). The van der Waals surface area contributed by atoms with Crippen molar-refractivity contribution < 1.29 is 15.0 Å². The molecule has 0 heterocycles. The minimum atomic E-state index is -0.861. The predicted octanol–water partition coefficient (Wildman–Crippen LogP) is 2.25. The third-order valence-corrected chi connectivity index (χ3v) is 2.99. The Bertz CT molecular complexity index is 329. The monoisotopic (exact) mass is 285 g/mol. The van der Waals surface area contributed by atoms with Crippen LogP contribution in [0.3, 0.4) is 0 Å². The molecular formula is C16H31NO3. The molecule has 0 aliphatic rings. The first-order valence-electron chi connectivity index (χ1n) is 7.22. The van der Waals surface area contributed by atoms with Gasteiger partial charge in [0.15, 0.2) is 0 Å². The highest BCUT2D eigenvalue weighted by Gasteiger charge is 2.29. The molecule has 0 radical (unpaired) electrons. The van der Waals surface area contributed by atoms with Gasteiger partial charge in [0.1, 0.15) is 0 Å². The Labute approximate surface area is 123 Å². The van der Waals surface area contributed by atoms with E-state index in [1.165, 1.54) is 0 Å². The number of aliphatic hydroxyl groups excluding tert-OH is 2. The molecule has 3 N–H and O–H groups in total. The number of rotatable bonds is 7. The zero-order valence-corrected chi connectivity index (χ0v) is 13.7. The standard InChI is InChI=1S/C16H31NO3/c1-7-8-13(19)12(10-18)17-14(20)9-16(5,6)11-15(2,3)4/h7-8,12-13,18-19H,9-11H2,1-6H3,(H,17,20)/b8-7+. The average Bonchev–Trinajstić information content (AvgIpc) is 2.21. The van der Waals surface area contributed by atoms with Gasteiger partial charge in [-0.1, -0.05) is 46.8 Å².